The minimum Gasteiger partial charge on any atom is -0.497 e. The molecule has 0 N–H and O–H groups in total. The van der Waals surface area contributed by atoms with E-state index in [1.54, 1.807) is 14.2 Å². The highest BCUT2D eigenvalue weighted by atomic mass is 16.5. The van der Waals surface area contributed by atoms with Crippen molar-refractivity contribution in [3.63, 3.8) is 0 Å². The van der Waals surface area contributed by atoms with Crippen molar-refractivity contribution in [3.05, 3.63) is 23.8 Å². The molecule has 3 rings (SSSR count). The van der Waals surface area contributed by atoms with Crippen LogP contribution in [0.25, 0.3) is 0 Å². The minimum atomic E-state index is 0.139. The molecule has 4 heteroatoms. The van der Waals surface area contributed by atoms with Gasteiger partial charge in [0.05, 0.1) is 20.3 Å². The number of hydrogen-bond acceptors (Lipinski definition) is 3. The lowest BCUT2D eigenvalue weighted by molar-refractivity contribution is -0.132. The highest BCUT2D eigenvalue weighted by Crippen LogP contribution is 2.39. The molecular weight excluding hydrogens is 314 g/mol. The van der Waals surface area contributed by atoms with Crippen molar-refractivity contribution >= 4 is 5.91 Å². The molecule has 0 spiro atoms. The van der Waals surface area contributed by atoms with Gasteiger partial charge in [-0.2, -0.15) is 0 Å². The molecule has 1 amide bonds. The average Bonchev–Trinajstić information content (AvgIpc) is 3.16. The first kappa shape index (κ1) is 18.1. The summed E-state index contributed by atoms with van der Waals surface area (Å²) in [5.41, 5.74) is 1.10. The van der Waals surface area contributed by atoms with Gasteiger partial charge in [0.25, 0.3) is 0 Å². The third kappa shape index (κ3) is 4.28. The number of methoxy groups -OCH3 is 2. The first-order chi connectivity index (χ1) is 12.2. The number of carbonyl (C=O) groups excluding carboxylic acids is 1. The summed E-state index contributed by atoms with van der Waals surface area (Å²) in [6, 6.07) is 6.06. The first-order valence-electron chi connectivity index (χ1n) is 9.74. The van der Waals surface area contributed by atoms with Crippen LogP contribution in [0.15, 0.2) is 18.2 Å². The number of hydrogen-bond donors (Lipinski definition) is 0. The maximum atomic E-state index is 12.9. The van der Waals surface area contributed by atoms with E-state index in [1.165, 1.54) is 32.1 Å². The Morgan fingerprint density at radius 2 is 1.88 bits per heavy atom. The van der Waals surface area contributed by atoms with Crippen LogP contribution in [0.4, 0.5) is 0 Å². The molecule has 2 fully saturated rings. The maximum absolute atomic E-state index is 12.9. The molecule has 1 aromatic carbocycles. The van der Waals surface area contributed by atoms with Crippen molar-refractivity contribution in [1.82, 2.24) is 4.90 Å². The van der Waals surface area contributed by atoms with E-state index in [-0.39, 0.29) is 6.04 Å². The van der Waals surface area contributed by atoms with E-state index in [9.17, 15) is 4.79 Å². The quantitative estimate of drug-likeness (QED) is 0.748. The molecular formula is C21H31NO3. The Morgan fingerprint density at radius 3 is 2.60 bits per heavy atom. The normalized spacial score (nSPS) is 21.4. The van der Waals surface area contributed by atoms with Crippen molar-refractivity contribution in [2.75, 3.05) is 20.8 Å². The largest absolute Gasteiger partial charge is 0.497 e. The Labute approximate surface area is 151 Å². The molecule has 1 heterocycles. The second-order valence-corrected chi connectivity index (χ2v) is 7.40. The number of amides is 1. The maximum Gasteiger partial charge on any atom is 0.223 e. The fraction of sp³-hybridized carbons (Fsp3) is 0.667. The molecule has 1 unspecified atom stereocenters. The summed E-state index contributed by atoms with van der Waals surface area (Å²) < 4.78 is 10.9. The summed E-state index contributed by atoms with van der Waals surface area (Å²) in [6.45, 7) is 0.864. The highest BCUT2D eigenvalue weighted by molar-refractivity contribution is 5.77. The van der Waals surface area contributed by atoms with Gasteiger partial charge in [0.2, 0.25) is 5.91 Å². The van der Waals surface area contributed by atoms with Crippen molar-refractivity contribution < 1.29 is 14.3 Å². The van der Waals surface area contributed by atoms with Gasteiger partial charge in [0.15, 0.2) is 0 Å². The van der Waals surface area contributed by atoms with Crippen LogP contribution in [-0.4, -0.2) is 31.6 Å². The molecule has 0 aromatic heterocycles. The monoisotopic (exact) mass is 345 g/mol. The third-order valence-corrected chi connectivity index (χ3v) is 5.86. The van der Waals surface area contributed by atoms with E-state index in [0.717, 1.165) is 48.8 Å². The smallest absolute Gasteiger partial charge is 0.223 e. The predicted molar refractivity (Wildman–Crippen MR) is 99.0 cm³/mol. The van der Waals surface area contributed by atoms with Gasteiger partial charge >= 0.3 is 0 Å². The van der Waals surface area contributed by atoms with Gasteiger partial charge in [-0.3, -0.25) is 4.79 Å². The molecule has 4 nitrogen and oxygen atoms in total. The van der Waals surface area contributed by atoms with E-state index >= 15 is 0 Å². The zero-order valence-electron chi connectivity index (χ0n) is 15.6. The van der Waals surface area contributed by atoms with Crippen molar-refractivity contribution in [2.45, 2.75) is 63.8 Å². The molecule has 2 aliphatic rings. The minimum absolute atomic E-state index is 0.139. The van der Waals surface area contributed by atoms with E-state index < -0.39 is 0 Å². The number of rotatable bonds is 6. The van der Waals surface area contributed by atoms with Gasteiger partial charge in [0.1, 0.15) is 11.5 Å². The van der Waals surface area contributed by atoms with Crippen LogP contribution in [-0.2, 0) is 4.79 Å². The van der Waals surface area contributed by atoms with Gasteiger partial charge in [0, 0.05) is 24.6 Å². The van der Waals surface area contributed by atoms with Gasteiger partial charge in [-0.25, -0.2) is 0 Å². The topological polar surface area (TPSA) is 38.8 Å². The molecule has 0 radical (unpaired) electrons. The van der Waals surface area contributed by atoms with Crippen LogP contribution >= 0.6 is 0 Å². The number of likely N-dealkylation sites (tertiary alicyclic amines) is 1. The third-order valence-electron chi connectivity index (χ3n) is 5.86. The van der Waals surface area contributed by atoms with Crippen molar-refractivity contribution in [1.29, 1.82) is 0 Å². The Morgan fingerprint density at radius 1 is 1.08 bits per heavy atom. The average molecular weight is 345 g/mol. The fourth-order valence-corrected chi connectivity index (χ4v) is 4.43. The van der Waals surface area contributed by atoms with Crippen molar-refractivity contribution in [3.8, 4) is 11.5 Å². The summed E-state index contributed by atoms with van der Waals surface area (Å²) in [7, 11) is 3.34. The van der Waals surface area contributed by atoms with Crippen LogP contribution in [0.1, 0.15) is 69.4 Å². The number of nitrogens with zero attached hydrogens (tertiary/aromatic N) is 1. The standard InChI is InChI=1S/C21H31NO3/c1-24-17-11-12-18(20(15-17)25-2)19-9-6-14-22(19)21(23)13-10-16-7-4-3-5-8-16/h11-12,15-16,19H,3-10,13-14H2,1-2H3. The lowest BCUT2D eigenvalue weighted by atomic mass is 9.86. The van der Waals surface area contributed by atoms with Crippen molar-refractivity contribution in [2.24, 2.45) is 5.92 Å². The summed E-state index contributed by atoms with van der Waals surface area (Å²) >= 11 is 0. The Balaban J connectivity index is 1.66. The Bertz CT molecular complexity index is 581. The molecule has 0 bridgehead atoms. The molecule has 1 atom stereocenters. The van der Waals surface area contributed by atoms with Crippen LogP contribution < -0.4 is 9.47 Å². The van der Waals surface area contributed by atoms with Crippen LogP contribution in [0.3, 0.4) is 0 Å². The Kier molecular flexibility index (Phi) is 6.22. The first-order valence-corrected chi connectivity index (χ1v) is 9.74. The molecule has 1 aromatic rings. The SMILES string of the molecule is COc1ccc(C2CCCN2C(=O)CCC2CCCCC2)c(OC)c1. The number of ether oxygens (including phenoxy) is 2. The van der Waals surface area contributed by atoms with E-state index in [4.69, 9.17) is 9.47 Å². The Hall–Kier alpha value is -1.71. The molecule has 1 saturated heterocycles. The number of benzene rings is 1. The molecule has 1 aliphatic heterocycles. The van der Waals surface area contributed by atoms with Crippen LogP contribution in [0, 0.1) is 5.92 Å². The lowest BCUT2D eigenvalue weighted by Crippen LogP contribution is -2.31. The molecule has 1 saturated carbocycles. The second kappa shape index (κ2) is 8.59. The van der Waals surface area contributed by atoms with Gasteiger partial charge in [-0.15, -0.1) is 0 Å². The van der Waals surface area contributed by atoms with Gasteiger partial charge in [-0.05, 0) is 37.3 Å². The predicted octanol–water partition coefficient (Wildman–Crippen LogP) is 4.73. The second-order valence-electron chi connectivity index (χ2n) is 7.40. The van der Waals surface area contributed by atoms with E-state index in [2.05, 4.69) is 11.0 Å². The molecule has 25 heavy (non-hydrogen) atoms. The van der Waals surface area contributed by atoms with E-state index in [1.807, 2.05) is 12.1 Å². The molecule has 138 valence electrons. The number of carbonyl (C=O) groups is 1. The fourth-order valence-electron chi connectivity index (χ4n) is 4.43. The zero-order chi connectivity index (χ0) is 17.6. The zero-order valence-corrected chi connectivity index (χ0v) is 15.6. The van der Waals surface area contributed by atoms with Gasteiger partial charge in [-0.1, -0.05) is 32.1 Å². The summed E-state index contributed by atoms with van der Waals surface area (Å²) in [5, 5.41) is 0. The summed E-state index contributed by atoms with van der Waals surface area (Å²) in [6.07, 6.45) is 10.5. The van der Waals surface area contributed by atoms with Gasteiger partial charge < -0.3 is 14.4 Å². The summed E-state index contributed by atoms with van der Waals surface area (Å²) in [4.78, 5) is 14.9. The van der Waals surface area contributed by atoms with Crippen LogP contribution in [0.5, 0.6) is 11.5 Å². The molecule has 1 aliphatic carbocycles. The lowest BCUT2D eigenvalue weighted by Gasteiger charge is -2.28. The van der Waals surface area contributed by atoms with Crippen LogP contribution in [0.2, 0.25) is 0 Å². The highest BCUT2D eigenvalue weighted by Gasteiger charge is 2.32. The van der Waals surface area contributed by atoms with E-state index in [0.29, 0.717) is 12.3 Å². The summed E-state index contributed by atoms with van der Waals surface area (Å²) in [5.74, 6) is 2.67.